The van der Waals surface area contributed by atoms with E-state index in [1.807, 2.05) is 0 Å². The molecule has 2 amide bonds. The Bertz CT molecular complexity index is 275. The Morgan fingerprint density at radius 3 is 2.28 bits per heavy atom. The van der Waals surface area contributed by atoms with Crippen molar-refractivity contribution in [2.45, 2.75) is 38.3 Å². The summed E-state index contributed by atoms with van der Waals surface area (Å²) < 4.78 is 35.7. The SMILES string of the molecule is NCC1(CNC(=O)NCC(F)(F)F)CCCCC1. The van der Waals surface area contributed by atoms with Crippen LogP contribution in [0.2, 0.25) is 0 Å². The maximum Gasteiger partial charge on any atom is 0.405 e. The molecule has 4 N–H and O–H groups in total. The summed E-state index contributed by atoms with van der Waals surface area (Å²) in [6.07, 6.45) is 0.730. The Kier molecular flexibility index (Phi) is 5.25. The first kappa shape index (κ1) is 15.1. The average molecular weight is 267 g/mol. The second kappa shape index (κ2) is 6.26. The van der Waals surface area contributed by atoms with E-state index in [2.05, 4.69) is 5.32 Å². The second-order valence-electron chi connectivity index (χ2n) is 4.92. The molecule has 0 aromatic carbocycles. The van der Waals surface area contributed by atoms with E-state index in [9.17, 15) is 18.0 Å². The molecule has 1 fully saturated rings. The maximum absolute atomic E-state index is 11.9. The first-order valence-corrected chi connectivity index (χ1v) is 6.15. The number of rotatable bonds is 4. The predicted octanol–water partition coefficient (Wildman–Crippen LogP) is 1.76. The Hall–Kier alpha value is -0.980. The summed E-state index contributed by atoms with van der Waals surface area (Å²) in [5.74, 6) is 0. The largest absolute Gasteiger partial charge is 0.405 e. The van der Waals surface area contributed by atoms with Gasteiger partial charge >= 0.3 is 12.2 Å². The molecule has 0 spiro atoms. The van der Waals surface area contributed by atoms with Crippen molar-refractivity contribution in [2.24, 2.45) is 11.1 Å². The normalized spacial score (nSPS) is 19.3. The van der Waals surface area contributed by atoms with Gasteiger partial charge in [-0.1, -0.05) is 19.3 Å². The molecule has 7 heteroatoms. The van der Waals surface area contributed by atoms with Gasteiger partial charge in [-0.2, -0.15) is 13.2 Å². The Morgan fingerprint density at radius 1 is 1.17 bits per heavy atom. The van der Waals surface area contributed by atoms with Crippen molar-refractivity contribution in [3.8, 4) is 0 Å². The third kappa shape index (κ3) is 5.12. The monoisotopic (exact) mass is 267 g/mol. The van der Waals surface area contributed by atoms with Crippen LogP contribution in [0.15, 0.2) is 0 Å². The molecule has 0 radical (unpaired) electrons. The number of carbonyl (C=O) groups is 1. The van der Waals surface area contributed by atoms with Crippen molar-refractivity contribution >= 4 is 6.03 Å². The van der Waals surface area contributed by atoms with E-state index in [0.717, 1.165) is 32.1 Å². The molecule has 0 saturated heterocycles. The number of amides is 2. The zero-order chi connectivity index (χ0) is 13.6. The van der Waals surface area contributed by atoms with Gasteiger partial charge in [-0.25, -0.2) is 4.79 Å². The highest BCUT2D eigenvalue weighted by molar-refractivity contribution is 5.73. The lowest BCUT2D eigenvalue weighted by atomic mass is 9.74. The van der Waals surface area contributed by atoms with Crippen LogP contribution in [-0.4, -0.2) is 31.8 Å². The highest BCUT2D eigenvalue weighted by Crippen LogP contribution is 2.34. The number of nitrogens with one attached hydrogen (secondary N) is 2. The van der Waals surface area contributed by atoms with Crippen LogP contribution in [0.25, 0.3) is 0 Å². The van der Waals surface area contributed by atoms with Gasteiger partial charge in [0.2, 0.25) is 0 Å². The first-order valence-electron chi connectivity index (χ1n) is 6.15. The van der Waals surface area contributed by atoms with Crippen molar-refractivity contribution < 1.29 is 18.0 Å². The maximum atomic E-state index is 11.9. The topological polar surface area (TPSA) is 67.1 Å². The molecule has 1 rings (SSSR count). The average Bonchev–Trinajstić information content (AvgIpc) is 2.34. The number of carbonyl (C=O) groups excluding carboxylic acids is 1. The molecule has 1 aliphatic rings. The van der Waals surface area contributed by atoms with Crippen molar-refractivity contribution in [3.63, 3.8) is 0 Å². The molecule has 4 nitrogen and oxygen atoms in total. The molecule has 0 aliphatic heterocycles. The smallest absolute Gasteiger partial charge is 0.338 e. The molecular formula is C11H20F3N3O. The zero-order valence-electron chi connectivity index (χ0n) is 10.3. The highest BCUT2D eigenvalue weighted by Gasteiger charge is 2.32. The molecule has 1 aliphatic carbocycles. The molecule has 0 heterocycles. The number of urea groups is 1. The van der Waals surface area contributed by atoms with Crippen LogP contribution in [-0.2, 0) is 0 Å². The van der Waals surface area contributed by atoms with E-state index in [-0.39, 0.29) is 5.41 Å². The Labute approximate surface area is 104 Å². The summed E-state index contributed by atoms with van der Waals surface area (Å²) in [7, 11) is 0. The Balaban J connectivity index is 2.32. The lowest BCUT2D eigenvalue weighted by molar-refractivity contribution is -0.122. The van der Waals surface area contributed by atoms with E-state index >= 15 is 0 Å². The van der Waals surface area contributed by atoms with Gasteiger partial charge in [0.25, 0.3) is 0 Å². The molecule has 0 atom stereocenters. The summed E-state index contributed by atoms with van der Waals surface area (Å²) in [5, 5.41) is 4.27. The molecule has 0 aromatic heterocycles. The molecule has 18 heavy (non-hydrogen) atoms. The molecule has 1 saturated carbocycles. The second-order valence-corrected chi connectivity index (χ2v) is 4.92. The lowest BCUT2D eigenvalue weighted by Gasteiger charge is -2.36. The third-order valence-corrected chi connectivity index (χ3v) is 3.42. The van der Waals surface area contributed by atoms with Gasteiger partial charge in [0.1, 0.15) is 6.54 Å². The first-order chi connectivity index (χ1) is 8.37. The van der Waals surface area contributed by atoms with Crippen LogP contribution < -0.4 is 16.4 Å². The van der Waals surface area contributed by atoms with Crippen molar-refractivity contribution in [1.29, 1.82) is 0 Å². The summed E-state index contributed by atoms with van der Waals surface area (Å²) in [6, 6.07) is -0.786. The lowest BCUT2D eigenvalue weighted by Crippen LogP contribution is -2.48. The molecule has 0 aromatic rings. The number of nitrogens with two attached hydrogens (primary N) is 1. The third-order valence-electron chi connectivity index (χ3n) is 3.42. The van der Waals surface area contributed by atoms with Gasteiger partial charge in [0.05, 0.1) is 0 Å². The molecular weight excluding hydrogens is 247 g/mol. The minimum atomic E-state index is -4.38. The van der Waals surface area contributed by atoms with Gasteiger partial charge in [-0.3, -0.25) is 0 Å². The fourth-order valence-corrected chi connectivity index (χ4v) is 2.27. The van der Waals surface area contributed by atoms with Gasteiger partial charge in [-0.05, 0) is 19.4 Å². The standard InChI is InChI=1S/C11H20F3N3O/c12-11(13,14)8-17-9(18)16-7-10(6-15)4-2-1-3-5-10/h1-8,15H2,(H2,16,17,18). The van der Waals surface area contributed by atoms with Crippen LogP contribution >= 0.6 is 0 Å². The number of hydrogen-bond acceptors (Lipinski definition) is 2. The molecule has 0 bridgehead atoms. The van der Waals surface area contributed by atoms with Crippen molar-refractivity contribution in [3.05, 3.63) is 0 Å². The van der Waals surface area contributed by atoms with Gasteiger partial charge in [0.15, 0.2) is 0 Å². The molecule has 0 unspecified atom stereocenters. The van der Waals surface area contributed by atoms with E-state index in [1.54, 1.807) is 5.32 Å². The van der Waals surface area contributed by atoms with E-state index in [0.29, 0.717) is 13.1 Å². The van der Waals surface area contributed by atoms with Crippen molar-refractivity contribution in [2.75, 3.05) is 19.6 Å². The number of alkyl halides is 3. The quantitative estimate of drug-likeness (QED) is 0.726. The van der Waals surface area contributed by atoms with Crippen LogP contribution in [0.3, 0.4) is 0 Å². The fourth-order valence-electron chi connectivity index (χ4n) is 2.27. The van der Waals surface area contributed by atoms with E-state index in [4.69, 9.17) is 5.73 Å². The van der Waals surface area contributed by atoms with Gasteiger partial charge < -0.3 is 16.4 Å². The minimum absolute atomic E-state index is 0.145. The van der Waals surface area contributed by atoms with Gasteiger partial charge in [-0.15, -0.1) is 0 Å². The van der Waals surface area contributed by atoms with E-state index < -0.39 is 18.8 Å². The van der Waals surface area contributed by atoms with Gasteiger partial charge in [0, 0.05) is 12.0 Å². The van der Waals surface area contributed by atoms with Crippen LogP contribution in [0, 0.1) is 5.41 Å². The summed E-state index contributed by atoms with van der Waals surface area (Å²) in [5.41, 5.74) is 5.57. The molecule has 106 valence electrons. The summed E-state index contributed by atoms with van der Waals surface area (Å²) in [6.45, 7) is -0.520. The highest BCUT2D eigenvalue weighted by atomic mass is 19.4. The zero-order valence-corrected chi connectivity index (χ0v) is 10.3. The Morgan fingerprint density at radius 2 is 1.78 bits per heavy atom. The number of hydrogen-bond donors (Lipinski definition) is 3. The minimum Gasteiger partial charge on any atom is -0.338 e. The fraction of sp³-hybridized carbons (Fsp3) is 0.909. The summed E-state index contributed by atoms with van der Waals surface area (Å²) >= 11 is 0. The van der Waals surface area contributed by atoms with Crippen LogP contribution in [0.4, 0.5) is 18.0 Å². The predicted molar refractivity (Wildman–Crippen MR) is 62.0 cm³/mol. The summed E-state index contributed by atoms with van der Waals surface area (Å²) in [4.78, 5) is 11.2. The van der Waals surface area contributed by atoms with E-state index in [1.165, 1.54) is 0 Å². The van der Waals surface area contributed by atoms with Crippen LogP contribution in [0.1, 0.15) is 32.1 Å². The number of halogens is 3. The van der Waals surface area contributed by atoms with Crippen molar-refractivity contribution in [1.82, 2.24) is 10.6 Å². The van der Waals surface area contributed by atoms with Crippen LogP contribution in [0.5, 0.6) is 0 Å².